The van der Waals surface area contributed by atoms with Gasteiger partial charge in [0.1, 0.15) is 11.8 Å². The molecule has 0 saturated heterocycles. The van der Waals surface area contributed by atoms with Crippen molar-refractivity contribution >= 4 is 15.9 Å². The zero-order chi connectivity index (χ0) is 13.0. The maximum Gasteiger partial charge on any atom is 0.184 e. The summed E-state index contributed by atoms with van der Waals surface area (Å²) in [5, 5.41) is 12.4. The van der Waals surface area contributed by atoms with Gasteiger partial charge in [0.05, 0.1) is 0 Å². The van der Waals surface area contributed by atoms with Crippen LogP contribution in [0.4, 0.5) is 0 Å². The van der Waals surface area contributed by atoms with Crippen molar-refractivity contribution in [3.63, 3.8) is 0 Å². The fourth-order valence-electron chi connectivity index (χ4n) is 1.70. The summed E-state index contributed by atoms with van der Waals surface area (Å²) >= 11 is 3.47. The second-order valence-corrected chi connectivity index (χ2v) is 5.47. The maximum absolute atomic E-state index is 8.96. The molecule has 1 aliphatic carbocycles. The molecule has 0 aromatic heterocycles. The van der Waals surface area contributed by atoms with Gasteiger partial charge < -0.3 is 10.1 Å². The SMILES string of the molecule is CCC(C#N)Oc1ccc(Br)cc1CNC1CC1. The van der Waals surface area contributed by atoms with Gasteiger partial charge >= 0.3 is 0 Å². The highest BCUT2D eigenvalue weighted by Crippen LogP contribution is 2.26. The van der Waals surface area contributed by atoms with Crippen LogP contribution in [-0.2, 0) is 6.54 Å². The summed E-state index contributed by atoms with van der Waals surface area (Å²) in [4.78, 5) is 0. The van der Waals surface area contributed by atoms with E-state index in [-0.39, 0.29) is 6.10 Å². The molecule has 0 heterocycles. The van der Waals surface area contributed by atoms with Crippen LogP contribution in [0.25, 0.3) is 0 Å². The Morgan fingerprint density at radius 1 is 1.56 bits per heavy atom. The molecule has 18 heavy (non-hydrogen) atoms. The predicted molar refractivity (Wildman–Crippen MR) is 74.3 cm³/mol. The van der Waals surface area contributed by atoms with Gasteiger partial charge in [0.15, 0.2) is 6.10 Å². The lowest BCUT2D eigenvalue weighted by Gasteiger charge is -2.15. The molecule has 1 unspecified atom stereocenters. The van der Waals surface area contributed by atoms with Crippen molar-refractivity contribution in [2.45, 2.75) is 44.9 Å². The minimum absolute atomic E-state index is 0.370. The molecule has 3 nitrogen and oxygen atoms in total. The van der Waals surface area contributed by atoms with Crippen LogP contribution in [0.2, 0.25) is 0 Å². The summed E-state index contributed by atoms with van der Waals surface area (Å²) < 4.78 is 6.76. The van der Waals surface area contributed by atoms with Crippen LogP contribution in [0.15, 0.2) is 22.7 Å². The van der Waals surface area contributed by atoms with E-state index in [1.165, 1.54) is 12.8 Å². The van der Waals surface area contributed by atoms with Crippen molar-refractivity contribution in [2.24, 2.45) is 0 Å². The van der Waals surface area contributed by atoms with Crippen molar-refractivity contribution in [3.8, 4) is 11.8 Å². The topological polar surface area (TPSA) is 45.0 Å². The number of benzene rings is 1. The third-order valence-corrected chi connectivity index (χ3v) is 3.46. The van der Waals surface area contributed by atoms with Gasteiger partial charge in [-0.1, -0.05) is 22.9 Å². The third kappa shape index (κ3) is 3.72. The first-order chi connectivity index (χ1) is 8.72. The summed E-state index contributed by atoms with van der Waals surface area (Å²) in [6.45, 7) is 2.75. The molecule has 0 aliphatic heterocycles. The summed E-state index contributed by atoms with van der Waals surface area (Å²) in [7, 11) is 0. The molecule has 1 aliphatic rings. The van der Waals surface area contributed by atoms with Crippen LogP contribution < -0.4 is 10.1 Å². The van der Waals surface area contributed by atoms with Gasteiger partial charge in [-0.2, -0.15) is 5.26 Å². The van der Waals surface area contributed by atoms with Crippen LogP contribution in [0.3, 0.4) is 0 Å². The zero-order valence-electron chi connectivity index (χ0n) is 10.4. The molecule has 96 valence electrons. The summed E-state index contributed by atoms with van der Waals surface area (Å²) in [6, 6.07) is 8.75. The summed E-state index contributed by atoms with van der Waals surface area (Å²) in [5.74, 6) is 0.805. The Morgan fingerprint density at radius 3 is 2.94 bits per heavy atom. The molecule has 1 N–H and O–H groups in total. The standard InChI is InChI=1S/C14H17BrN2O/c1-2-13(8-16)18-14-6-3-11(15)7-10(14)9-17-12-4-5-12/h3,6-7,12-13,17H,2,4-5,9H2,1H3. The van der Waals surface area contributed by atoms with Crippen LogP contribution in [0, 0.1) is 11.3 Å². The molecule has 1 atom stereocenters. The second kappa shape index (κ2) is 6.21. The molecule has 4 heteroatoms. The maximum atomic E-state index is 8.96. The highest BCUT2D eigenvalue weighted by molar-refractivity contribution is 9.10. The monoisotopic (exact) mass is 308 g/mol. The van der Waals surface area contributed by atoms with E-state index in [2.05, 4.69) is 33.4 Å². The average Bonchev–Trinajstić information content (AvgIpc) is 3.19. The minimum atomic E-state index is -0.370. The molecule has 2 rings (SSSR count). The smallest absolute Gasteiger partial charge is 0.184 e. The average molecular weight is 309 g/mol. The summed E-state index contributed by atoms with van der Waals surface area (Å²) in [5.41, 5.74) is 1.10. The first-order valence-corrected chi connectivity index (χ1v) is 7.10. The highest BCUT2D eigenvalue weighted by atomic mass is 79.9. The second-order valence-electron chi connectivity index (χ2n) is 4.55. The van der Waals surface area contributed by atoms with Gasteiger partial charge in [-0.05, 0) is 37.5 Å². The normalized spacial score (nSPS) is 16.1. The first kappa shape index (κ1) is 13.4. The molecular weight excluding hydrogens is 292 g/mol. The Morgan fingerprint density at radius 2 is 2.33 bits per heavy atom. The molecule has 0 bridgehead atoms. The van der Waals surface area contributed by atoms with E-state index in [1.54, 1.807) is 0 Å². The fraction of sp³-hybridized carbons (Fsp3) is 0.500. The van der Waals surface area contributed by atoms with Crippen molar-refractivity contribution in [2.75, 3.05) is 0 Å². The first-order valence-electron chi connectivity index (χ1n) is 6.31. The highest BCUT2D eigenvalue weighted by Gasteiger charge is 2.21. The van der Waals surface area contributed by atoms with Gasteiger partial charge in [-0.3, -0.25) is 0 Å². The number of nitriles is 1. The lowest BCUT2D eigenvalue weighted by Crippen LogP contribution is -2.18. The van der Waals surface area contributed by atoms with Gasteiger partial charge in [-0.15, -0.1) is 0 Å². The van der Waals surface area contributed by atoms with Crippen molar-refractivity contribution < 1.29 is 4.74 Å². The molecule has 0 spiro atoms. The van der Waals surface area contributed by atoms with Gasteiger partial charge in [0, 0.05) is 22.6 Å². The molecule has 1 saturated carbocycles. The quantitative estimate of drug-likeness (QED) is 0.876. The molecule has 1 aromatic carbocycles. The lowest BCUT2D eigenvalue weighted by atomic mass is 10.2. The van der Waals surface area contributed by atoms with E-state index in [1.807, 2.05) is 19.1 Å². The number of hydrogen-bond donors (Lipinski definition) is 1. The molecule has 0 radical (unpaired) electrons. The minimum Gasteiger partial charge on any atom is -0.475 e. The molecule has 0 amide bonds. The zero-order valence-corrected chi connectivity index (χ0v) is 12.0. The number of hydrogen-bond acceptors (Lipinski definition) is 3. The third-order valence-electron chi connectivity index (χ3n) is 2.97. The molecule has 1 fully saturated rings. The van der Waals surface area contributed by atoms with E-state index in [0.29, 0.717) is 12.5 Å². The lowest BCUT2D eigenvalue weighted by molar-refractivity contribution is 0.249. The Bertz CT molecular complexity index is 452. The van der Waals surface area contributed by atoms with Crippen LogP contribution >= 0.6 is 15.9 Å². The van der Waals surface area contributed by atoms with Crippen molar-refractivity contribution in [1.82, 2.24) is 5.32 Å². The number of nitrogens with one attached hydrogen (secondary N) is 1. The van der Waals surface area contributed by atoms with Gasteiger partial charge in [-0.25, -0.2) is 0 Å². The van der Waals surface area contributed by atoms with Gasteiger partial charge in [0.25, 0.3) is 0 Å². The van der Waals surface area contributed by atoms with Crippen LogP contribution in [0.5, 0.6) is 5.75 Å². The molecular formula is C14H17BrN2O. The van der Waals surface area contributed by atoms with Crippen molar-refractivity contribution in [1.29, 1.82) is 5.26 Å². The van der Waals surface area contributed by atoms with E-state index in [9.17, 15) is 0 Å². The number of ether oxygens (including phenoxy) is 1. The van der Waals surface area contributed by atoms with Crippen molar-refractivity contribution in [3.05, 3.63) is 28.2 Å². The number of rotatable bonds is 6. The predicted octanol–water partition coefficient (Wildman–Crippen LogP) is 3.38. The largest absolute Gasteiger partial charge is 0.475 e. The Kier molecular flexibility index (Phi) is 4.62. The van der Waals surface area contributed by atoms with E-state index in [0.717, 1.165) is 22.3 Å². The summed E-state index contributed by atoms with van der Waals surface area (Å²) in [6.07, 6.45) is 2.85. The molecule has 1 aromatic rings. The number of halogens is 1. The fourth-order valence-corrected chi connectivity index (χ4v) is 2.11. The van der Waals surface area contributed by atoms with E-state index >= 15 is 0 Å². The van der Waals surface area contributed by atoms with E-state index in [4.69, 9.17) is 10.00 Å². The number of nitrogens with zero attached hydrogens (tertiary/aromatic N) is 1. The van der Waals surface area contributed by atoms with Crippen LogP contribution in [0.1, 0.15) is 31.7 Å². The van der Waals surface area contributed by atoms with Gasteiger partial charge in [0.2, 0.25) is 0 Å². The Hall–Kier alpha value is -1.05. The van der Waals surface area contributed by atoms with E-state index < -0.39 is 0 Å². The Labute approximate surface area is 116 Å². The van der Waals surface area contributed by atoms with Crippen LogP contribution in [-0.4, -0.2) is 12.1 Å². The Balaban J connectivity index is 2.08.